The number of carboxylic acids is 1. The Morgan fingerprint density at radius 3 is 3.00 bits per heavy atom. The lowest BCUT2D eigenvalue weighted by molar-refractivity contribution is 0.0690. The first-order valence-electron chi connectivity index (χ1n) is 3.41. The molecule has 0 aliphatic rings. The van der Waals surface area contributed by atoms with Gasteiger partial charge in [-0.1, -0.05) is 0 Å². The Morgan fingerprint density at radius 1 is 1.62 bits per heavy atom. The fraction of sp³-hybridized carbons (Fsp3) is 0. The summed E-state index contributed by atoms with van der Waals surface area (Å²) in [6, 6.07) is 0. The molecule has 0 spiro atoms. The van der Waals surface area contributed by atoms with Crippen molar-refractivity contribution in [2.45, 2.75) is 0 Å². The fourth-order valence-electron chi connectivity index (χ4n) is 1.01. The number of rotatable bonds is 1. The normalized spacial score (nSPS) is 10.5. The van der Waals surface area contributed by atoms with Crippen LogP contribution in [0.1, 0.15) is 10.5 Å². The van der Waals surface area contributed by atoms with E-state index < -0.39 is 5.97 Å². The summed E-state index contributed by atoms with van der Waals surface area (Å²) in [5, 5.41) is 8.74. The van der Waals surface area contributed by atoms with Crippen LogP contribution in [0, 0.1) is 0 Å². The first kappa shape index (κ1) is 8.18. The molecule has 0 atom stereocenters. The maximum Gasteiger partial charge on any atom is 0.357 e. The second kappa shape index (κ2) is 2.81. The number of nitrogens with zero attached hydrogens (tertiary/aromatic N) is 3. The summed E-state index contributed by atoms with van der Waals surface area (Å²) in [6.45, 7) is 0. The van der Waals surface area contributed by atoms with Gasteiger partial charge in [-0.3, -0.25) is 9.38 Å². The van der Waals surface area contributed by atoms with Gasteiger partial charge in [-0.05, 0) is 15.9 Å². The first-order valence-corrected chi connectivity index (χ1v) is 4.20. The van der Waals surface area contributed by atoms with Crippen molar-refractivity contribution < 1.29 is 9.90 Å². The molecule has 0 bridgehead atoms. The van der Waals surface area contributed by atoms with Crippen LogP contribution in [0.3, 0.4) is 0 Å². The zero-order valence-corrected chi connectivity index (χ0v) is 7.89. The molecule has 13 heavy (non-hydrogen) atoms. The van der Waals surface area contributed by atoms with Crippen LogP contribution in [0.4, 0.5) is 0 Å². The van der Waals surface area contributed by atoms with Crippen LogP contribution in [-0.2, 0) is 0 Å². The predicted octanol–water partition coefficient (Wildman–Crippen LogP) is 1.19. The SMILES string of the molecule is O=C(O)c1nc2cnccn2c1Br. The van der Waals surface area contributed by atoms with E-state index in [4.69, 9.17) is 5.11 Å². The van der Waals surface area contributed by atoms with E-state index in [9.17, 15) is 4.79 Å². The predicted molar refractivity (Wildman–Crippen MR) is 47.6 cm³/mol. The highest BCUT2D eigenvalue weighted by Gasteiger charge is 2.15. The van der Waals surface area contributed by atoms with E-state index in [0.717, 1.165) is 0 Å². The molecule has 0 unspecified atom stereocenters. The minimum absolute atomic E-state index is 0.00648. The lowest BCUT2D eigenvalue weighted by Crippen LogP contribution is -1.97. The molecule has 6 heteroatoms. The van der Waals surface area contributed by atoms with Crippen molar-refractivity contribution in [3.05, 3.63) is 28.9 Å². The summed E-state index contributed by atoms with van der Waals surface area (Å²) in [6.07, 6.45) is 4.70. The zero-order valence-electron chi connectivity index (χ0n) is 6.31. The van der Waals surface area contributed by atoms with E-state index in [2.05, 4.69) is 25.9 Å². The Hall–Kier alpha value is -1.43. The molecule has 0 saturated carbocycles. The van der Waals surface area contributed by atoms with E-state index in [-0.39, 0.29) is 5.69 Å². The Labute approximate surface area is 81.2 Å². The van der Waals surface area contributed by atoms with E-state index in [1.807, 2.05) is 0 Å². The maximum atomic E-state index is 10.7. The highest BCUT2D eigenvalue weighted by Crippen LogP contribution is 2.17. The van der Waals surface area contributed by atoms with Gasteiger partial charge in [-0.15, -0.1) is 0 Å². The van der Waals surface area contributed by atoms with Gasteiger partial charge in [0.2, 0.25) is 0 Å². The molecule has 66 valence electrons. The molecule has 5 nitrogen and oxygen atoms in total. The number of halogens is 1. The van der Waals surface area contributed by atoms with E-state index in [1.165, 1.54) is 6.20 Å². The van der Waals surface area contributed by atoms with Gasteiger partial charge < -0.3 is 5.11 Å². The summed E-state index contributed by atoms with van der Waals surface area (Å²) in [4.78, 5) is 18.4. The van der Waals surface area contributed by atoms with E-state index in [0.29, 0.717) is 10.3 Å². The molecule has 0 radical (unpaired) electrons. The third-order valence-corrected chi connectivity index (χ3v) is 2.33. The summed E-state index contributed by atoms with van der Waals surface area (Å²) >= 11 is 3.14. The molecule has 0 fully saturated rings. The smallest absolute Gasteiger partial charge is 0.357 e. The maximum absolute atomic E-state index is 10.7. The lowest BCUT2D eigenvalue weighted by atomic mass is 10.5. The zero-order chi connectivity index (χ0) is 9.42. The molecule has 2 aromatic rings. The standard InChI is InChI=1S/C7H4BrN3O2/c8-6-5(7(12)13)10-4-3-9-1-2-11(4)6/h1-3H,(H,12,13). The highest BCUT2D eigenvalue weighted by molar-refractivity contribution is 9.10. The van der Waals surface area contributed by atoms with Crippen LogP contribution in [0.5, 0.6) is 0 Å². The number of carboxylic acid groups (broad SMARTS) is 1. The summed E-state index contributed by atoms with van der Waals surface area (Å²) in [5.74, 6) is -1.06. The number of hydrogen-bond donors (Lipinski definition) is 1. The monoisotopic (exact) mass is 241 g/mol. The van der Waals surface area contributed by atoms with Crippen LogP contribution in [0.25, 0.3) is 5.65 Å². The van der Waals surface area contributed by atoms with E-state index >= 15 is 0 Å². The second-order valence-electron chi connectivity index (χ2n) is 2.36. The van der Waals surface area contributed by atoms with Crippen molar-refractivity contribution in [2.24, 2.45) is 0 Å². The minimum Gasteiger partial charge on any atom is -0.476 e. The Morgan fingerprint density at radius 2 is 2.38 bits per heavy atom. The Bertz CT molecular complexity index is 480. The number of imidazole rings is 1. The molecule has 2 aromatic heterocycles. The van der Waals surface area contributed by atoms with Gasteiger partial charge >= 0.3 is 5.97 Å². The van der Waals surface area contributed by atoms with Crippen molar-refractivity contribution in [1.29, 1.82) is 0 Å². The number of carbonyl (C=O) groups is 1. The summed E-state index contributed by atoms with van der Waals surface area (Å²) in [5.41, 5.74) is 0.500. The summed E-state index contributed by atoms with van der Waals surface area (Å²) < 4.78 is 2.04. The largest absolute Gasteiger partial charge is 0.476 e. The van der Waals surface area contributed by atoms with Crippen molar-refractivity contribution in [2.75, 3.05) is 0 Å². The van der Waals surface area contributed by atoms with Gasteiger partial charge in [0.15, 0.2) is 11.3 Å². The van der Waals surface area contributed by atoms with Crippen LogP contribution in [0.15, 0.2) is 23.2 Å². The van der Waals surface area contributed by atoms with Gasteiger partial charge in [0.1, 0.15) is 4.60 Å². The molecule has 0 aliphatic carbocycles. The molecule has 0 amide bonds. The molecular weight excluding hydrogens is 238 g/mol. The molecule has 0 saturated heterocycles. The molecule has 0 aliphatic heterocycles. The average Bonchev–Trinajstić information content (AvgIpc) is 2.45. The van der Waals surface area contributed by atoms with Crippen LogP contribution in [0.2, 0.25) is 0 Å². The van der Waals surface area contributed by atoms with Gasteiger partial charge in [-0.2, -0.15) is 0 Å². The number of hydrogen-bond acceptors (Lipinski definition) is 3. The van der Waals surface area contributed by atoms with Crippen LogP contribution < -0.4 is 0 Å². The number of fused-ring (bicyclic) bond motifs is 1. The Kier molecular flexibility index (Phi) is 1.77. The molecule has 0 aromatic carbocycles. The summed E-state index contributed by atoms with van der Waals surface area (Å²) in [7, 11) is 0. The number of aromatic carboxylic acids is 1. The third-order valence-electron chi connectivity index (χ3n) is 1.57. The van der Waals surface area contributed by atoms with Crippen molar-refractivity contribution in [3.63, 3.8) is 0 Å². The molecule has 2 heterocycles. The third kappa shape index (κ3) is 1.19. The van der Waals surface area contributed by atoms with Crippen molar-refractivity contribution in [3.8, 4) is 0 Å². The highest BCUT2D eigenvalue weighted by atomic mass is 79.9. The quantitative estimate of drug-likeness (QED) is 0.815. The minimum atomic E-state index is -1.06. The van der Waals surface area contributed by atoms with Gasteiger partial charge in [0.25, 0.3) is 0 Å². The molecule has 2 rings (SSSR count). The van der Waals surface area contributed by atoms with E-state index in [1.54, 1.807) is 16.8 Å². The first-order chi connectivity index (χ1) is 6.20. The lowest BCUT2D eigenvalue weighted by Gasteiger charge is -1.91. The molecule has 1 N–H and O–H groups in total. The van der Waals surface area contributed by atoms with Crippen molar-refractivity contribution in [1.82, 2.24) is 14.4 Å². The van der Waals surface area contributed by atoms with Gasteiger partial charge in [-0.25, -0.2) is 9.78 Å². The number of aromatic nitrogens is 3. The second-order valence-corrected chi connectivity index (χ2v) is 3.11. The van der Waals surface area contributed by atoms with Crippen LogP contribution in [-0.4, -0.2) is 25.4 Å². The van der Waals surface area contributed by atoms with Gasteiger partial charge in [0, 0.05) is 12.4 Å². The fourth-order valence-corrected chi connectivity index (χ4v) is 1.57. The van der Waals surface area contributed by atoms with Crippen LogP contribution >= 0.6 is 15.9 Å². The topological polar surface area (TPSA) is 67.5 Å². The molecular formula is C7H4BrN3O2. The average molecular weight is 242 g/mol. The van der Waals surface area contributed by atoms with Gasteiger partial charge in [0.05, 0.1) is 6.20 Å². The Balaban J connectivity index is 2.81. The van der Waals surface area contributed by atoms with Crippen molar-refractivity contribution >= 4 is 27.5 Å².